The SMILES string of the molecule is CCN(CC)S(=O)(=O)c1ccc(Br)c(C(=O)N2CCN(Cc3cccnc3)CC2)c1. The number of halogens is 1. The summed E-state index contributed by atoms with van der Waals surface area (Å²) < 4.78 is 27.7. The van der Waals surface area contributed by atoms with E-state index >= 15 is 0 Å². The van der Waals surface area contributed by atoms with Crippen LogP contribution in [0.5, 0.6) is 0 Å². The van der Waals surface area contributed by atoms with Crippen LogP contribution in [0.25, 0.3) is 0 Å². The van der Waals surface area contributed by atoms with E-state index in [-0.39, 0.29) is 10.8 Å². The summed E-state index contributed by atoms with van der Waals surface area (Å²) in [7, 11) is -3.62. The molecule has 0 bridgehead atoms. The Morgan fingerprint density at radius 2 is 1.83 bits per heavy atom. The lowest BCUT2D eigenvalue weighted by Crippen LogP contribution is -2.48. The van der Waals surface area contributed by atoms with Gasteiger partial charge >= 0.3 is 0 Å². The Bertz CT molecular complexity index is 973. The molecule has 0 atom stereocenters. The summed E-state index contributed by atoms with van der Waals surface area (Å²) in [5.74, 6) is -0.153. The van der Waals surface area contributed by atoms with E-state index in [1.807, 2.05) is 18.3 Å². The molecular weight excluding hydrogens is 468 g/mol. The number of aromatic nitrogens is 1. The third kappa shape index (κ3) is 5.08. The molecule has 0 N–H and O–H groups in total. The molecule has 1 aliphatic rings. The summed E-state index contributed by atoms with van der Waals surface area (Å²) in [4.78, 5) is 21.5. The third-order valence-corrected chi connectivity index (χ3v) is 8.04. The largest absolute Gasteiger partial charge is 0.336 e. The number of piperazine rings is 1. The van der Waals surface area contributed by atoms with Gasteiger partial charge in [0, 0.05) is 62.7 Å². The molecule has 0 unspecified atom stereocenters. The fourth-order valence-electron chi connectivity index (χ4n) is 3.57. The molecule has 0 spiro atoms. The average molecular weight is 495 g/mol. The predicted octanol–water partition coefficient (Wildman–Crippen LogP) is 2.83. The van der Waals surface area contributed by atoms with Crippen molar-refractivity contribution in [2.24, 2.45) is 0 Å². The zero-order valence-electron chi connectivity index (χ0n) is 17.3. The summed E-state index contributed by atoms with van der Waals surface area (Å²) in [5.41, 5.74) is 1.53. The smallest absolute Gasteiger partial charge is 0.255 e. The quantitative estimate of drug-likeness (QED) is 0.591. The molecular formula is C21H27BrN4O3S. The van der Waals surface area contributed by atoms with Crippen molar-refractivity contribution in [3.05, 3.63) is 58.3 Å². The molecule has 1 aliphatic heterocycles. The number of sulfonamides is 1. The Kier molecular flexibility index (Phi) is 7.62. The number of benzene rings is 1. The van der Waals surface area contributed by atoms with Crippen LogP contribution in [-0.2, 0) is 16.6 Å². The number of hydrogen-bond acceptors (Lipinski definition) is 5. The van der Waals surface area contributed by atoms with Crippen molar-refractivity contribution in [1.29, 1.82) is 0 Å². The topological polar surface area (TPSA) is 73.8 Å². The van der Waals surface area contributed by atoms with E-state index in [0.717, 1.165) is 25.2 Å². The minimum atomic E-state index is -3.62. The van der Waals surface area contributed by atoms with E-state index in [1.165, 1.54) is 10.4 Å². The van der Waals surface area contributed by atoms with Gasteiger partial charge in [0.2, 0.25) is 10.0 Å². The van der Waals surface area contributed by atoms with Gasteiger partial charge < -0.3 is 4.90 Å². The van der Waals surface area contributed by atoms with Gasteiger partial charge in [-0.05, 0) is 45.8 Å². The molecule has 3 rings (SSSR count). The van der Waals surface area contributed by atoms with Gasteiger partial charge in [-0.3, -0.25) is 14.7 Å². The summed E-state index contributed by atoms with van der Waals surface area (Å²) in [6, 6.07) is 8.64. The first-order valence-corrected chi connectivity index (χ1v) is 12.3. The highest BCUT2D eigenvalue weighted by Crippen LogP contribution is 2.25. The Balaban J connectivity index is 1.71. The third-order valence-electron chi connectivity index (χ3n) is 5.30. The summed E-state index contributed by atoms with van der Waals surface area (Å²) in [5, 5.41) is 0. The van der Waals surface area contributed by atoms with Crippen molar-refractivity contribution in [3.63, 3.8) is 0 Å². The molecule has 2 aromatic rings. The first-order valence-electron chi connectivity index (χ1n) is 10.1. The second kappa shape index (κ2) is 10.00. The van der Waals surface area contributed by atoms with E-state index in [2.05, 4.69) is 25.8 Å². The second-order valence-corrected chi connectivity index (χ2v) is 9.95. The number of pyridine rings is 1. The number of nitrogens with zero attached hydrogens (tertiary/aromatic N) is 4. The van der Waals surface area contributed by atoms with Crippen molar-refractivity contribution in [3.8, 4) is 0 Å². The highest BCUT2D eigenvalue weighted by atomic mass is 79.9. The maximum Gasteiger partial charge on any atom is 0.255 e. The van der Waals surface area contributed by atoms with E-state index in [1.54, 1.807) is 37.1 Å². The Labute approximate surface area is 186 Å². The van der Waals surface area contributed by atoms with Crippen LogP contribution in [0, 0.1) is 0 Å². The van der Waals surface area contributed by atoms with Gasteiger partial charge in [-0.15, -0.1) is 0 Å². The Hall–Kier alpha value is -1.81. The summed E-state index contributed by atoms with van der Waals surface area (Å²) >= 11 is 3.42. The number of carbonyl (C=O) groups excluding carboxylic acids is 1. The van der Waals surface area contributed by atoms with Crippen LogP contribution in [-0.4, -0.2) is 72.7 Å². The Morgan fingerprint density at radius 3 is 2.43 bits per heavy atom. The lowest BCUT2D eigenvalue weighted by atomic mass is 10.1. The molecule has 1 aromatic carbocycles. The summed E-state index contributed by atoms with van der Waals surface area (Å²) in [6.45, 7) is 7.89. The van der Waals surface area contributed by atoms with Crippen molar-refractivity contribution in [1.82, 2.24) is 19.1 Å². The number of rotatable bonds is 7. The maximum absolute atomic E-state index is 13.1. The molecule has 1 amide bonds. The van der Waals surface area contributed by atoms with Gasteiger partial charge in [-0.1, -0.05) is 19.9 Å². The van der Waals surface area contributed by atoms with Gasteiger partial charge in [-0.25, -0.2) is 8.42 Å². The van der Waals surface area contributed by atoms with Crippen LogP contribution in [0.4, 0.5) is 0 Å². The lowest BCUT2D eigenvalue weighted by molar-refractivity contribution is 0.0627. The predicted molar refractivity (Wildman–Crippen MR) is 120 cm³/mol. The average Bonchev–Trinajstić information content (AvgIpc) is 2.75. The summed E-state index contributed by atoms with van der Waals surface area (Å²) in [6.07, 6.45) is 3.61. The minimum absolute atomic E-state index is 0.146. The zero-order chi connectivity index (χ0) is 21.7. The highest BCUT2D eigenvalue weighted by molar-refractivity contribution is 9.10. The van der Waals surface area contributed by atoms with E-state index in [9.17, 15) is 13.2 Å². The lowest BCUT2D eigenvalue weighted by Gasteiger charge is -2.35. The highest BCUT2D eigenvalue weighted by Gasteiger charge is 2.27. The van der Waals surface area contributed by atoms with Crippen LogP contribution in [0.3, 0.4) is 0 Å². The fourth-order valence-corrected chi connectivity index (χ4v) is 5.47. The molecule has 2 heterocycles. The standard InChI is InChI=1S/C21H27BrN4O3S/c1-3-26(4-2)30(28,29)18-7-8-20(22)19(14-18)21(27)25-12-10-24(11-13-25)16-17-6-5-9-23-15-17/h5-9,14-15H,3-4,10-13,16H2,1-2H3. The normalized spacial score (nSPS) is 15.5. The van der Waals surface area contributed by atoms with Gasteiger partial charge in [0.1, 0.15) is 0 Å². The van der Waals surface area contributed by atoms with Crippen molar-refractivity contribution >= 4 is 31.9 Å². The molecule has 7 nitrogen and oxygen atoms in total. The molecule has 1 saturated heterocycles. The molecule has 30 heavy (non-hydrogen) atoms. The minimum Gasteiger partial charge on any atom is -0.336 e. The molecule has 0 radical (unpaired) electrons. The number of amides is 1. The van der Waals surface area contributed by atoms with Crippen LogP contribution in [0.1, 0.15) is 29.8 Å². The van der Waals surface area contributed by atoms with Gasteiger partial charge in [-0.2, -0.15) is 4.31 Å². The zero-order valence-corrected chi connectivity index (χ0v) is 19.7. The maximum atomic E-state index is 13.1. The van der Waals surface area contributed by atoms with Crippen LogP contribution in [0.15, 0.2) is 52.1 Å². The van der Waals surface area contributed by atoms with Crippen LogP contribution < -0.4 is 0 Å². The van der Waals surface area contributed by atoms with E-state index in [4.69, 9.17) is 0 Å². The van der Waals surface area contributed by atoms with Crippen LogP contribution >= 0.6 is 15.9 Å². The number of carbonyl (C=O) groups is 1. The van der Waals surface area contributed by atoms with E-state index in [0.29, 0.717) is 36.2 Å². The van der Waals surface area contributed by atoms with Crippen LogP contribution in [0.2, 0.25) is 0 Å². The molecule has 1 fully saturated rings. The number of hydrogen-bond donors (Lipinski definition) is 0. The van der Waals surface area contributed by atoms with Crippen molar-refractivity contribution in [2.45, 2.75) is 25.3 Å². The fraction of sp³-hybridized carbons (Fsp3) is 0.429. The Morgan fingerprint density at radius 1 is 1.13 bits per heavy atom. The van der Waals surface area contributed by atoms with E-state index < -0.39 is 10.0 Å². The molecule has 0 saturated carbocycles. The molecule has 162 valence electrons. The first-order chi connectivity index (χ1) is 14.4. The van der Waals surface area contributed by atoms with Crippen molar-refractivity contribution < 1.29 is 13.2 Å². The van der Waals surface area contributed by atoms with Gasteiger partial charge in [0.25, 0.3) is 5.91 Å². The van der Waals surface area contributed by atoms with Gasteiger partial charge in [0.05, 0.1) is 10.5 Å². The van der Waals surface area contributed by atoms with Gasteiger partial charge in [0.15, 0.2) is 0 Å². The molecule has 9 heteroatoms. The first kappa shape index (κ1) is 22.9. The van der Waals surface area contributed by atoms with Crippen molar-refractivity contribution in [2.75, 3.05) is 39.3 Å². The monoisotopic (exact) mass is 494 g/mol. The second-order valence-electron chi connectivity index (χ2n) is 7.16. The molecule has 1 aromatic heterocycles. The molecule has 0 aliphatic carbocycles.